The third-order valence-electron chi connectivity index (χ3n) is 2.66. The van der Waals surface area contributed by atoms with Crippen LogP contribution in [0, 0.1) is 0 Å². The van der Waals surface area contributed by atoms with E-state index in [0.29, 0.717) is 0 Å². The topological polar surface area (TPSA) is 27.8 Å². The second-order valence-corrected chi connectivity index (χ2v) is 3.73. The predicted octanol–water partition coefficient (Wildman–Crippen LogP) is 3.58. The van der Waals surface area contributed by atoms with Crippen molar-refractivity contribution in [2.45, 2.75) is 0 Å². The molecule has 3 aromatic rings. The van der Waals surface area contributed by atoms with Crippen LogP contribution in [0.25, 0.3) is 21.8 Å². The Morgan fingerprint density at radius 2 is 1.73 bits per heavy atom. The van der Waals surface area contributed by atoms with Gasteiger partial charge in [-0.2, -0.15) is 0 Å². The fraction of sp³-hybridized carbons (Fsp3) is 0. The number of thiol groups is 1. The Labute approximate surface area is 92.8 Å². The van der Waals surface area contributed by atoms with E-state index in [1.54, 1.807) is 0 Å². The molecule has 0 radical (unpaired) electrons. The minimum atomic E-state index is 1.01. The Bertz CT molecular complexity index is 628. The van der Waals surface area contributed by atoms with Gasteiger partial charge in [0.25, 0.3) is 0 Å². The van der Waals surface area contributed by atoms with Crippen molar-refractivity contribution in [2.24, 2.45) is 0 Å². The fourth-order valence-corrected chi connectivity index (χ4v) is 2.15. The molecule has 0 amide bonds. The van der Waals surface area contributed by atoms with E-state index in [1.807, 2.05) is 18.2 Å². The number of para-hydroxylation sites is 2. The van der Waals surface area contributed by atoms with Crippen LogP contribution in [0.4, 0.5) is 5.69 Å². The number of hydrogen-bond donors (Lipinski definition) is 3. The van der Waals surface area contributed by atoms with Crippen molar-refractivity contribution in [1.82, 2.24) is 4.98 Å². The molecule has 2 N–H and O–H groups in total. The third kappa shape index (κ3) is 1.20. The van der Waals surface area contributed by atoms with Crippen molar-refractivity contribution < 1.29 is 0 Å². The summed E-state index contributed by atoms with van der Waals surface area (Å²) in [5, 5.41) is 2.47. The molecule has 1 heterocycles. The van der Waals surface area contributed by atoms with Crippen LogP contribution in [-0.2, 0) is 0 Å². The highest BCUT2D eigenvalue weighted by molar-refractivity contribution is 7.81. The number of aromatic nitrogens is 1. The first kappa shape index (κ1) is 8.68. The Balaban J connectivity index is 2.53. The lowest BCUT2D eigenvalue weighted by atomic mass is 10.1. The maximum atomic E-state index is 4.10. The van der Waals surface area contributed by atoms with E-state index >= 15 is 0 Å². The number of nitrogens with one attached hydrogen (secondary N) is 2. The van der Waals surface area contributed by atoms with E-state index in [0.717, 1.165) is 16.7 Å². The van der Waals surface area contributed by atoms with Crippen LogP contribution in [0.3, 0.4) is 0 Å². The molecule has 0 saturated heterocycles. The smallest absolute Gasteiger partial charge is 0.0709 e. The van der Waals surface area contributed by atoms with E-state index in [9.17, 15) is 0 Å². The lowest BCUT2D eigenvalue weighted by Gasteiger charge is -1.99. The van der Waals surface area contributed by atoms with Gasteiger partial charge in [0.15, 0.2) is 0 Å². The van der Waals surface area contributed by atoms with Crippen LogP contribution in [0.5, 0.6) is 0 Å². The van der Waals surface area contributed by atoms with E-state index in [4.69, 9.17) is 0 Å². The Morgan fingerprint density at radius 1 is 0.933 bits per heavy atom. The average Bonchev–Trinajstić information content (AvgIpc) is 2.67. The second kappa shape index (κ2) is 3.21. The molecular formula is C12H10N2S. The molecule has 0 bridgehead atoms. The first-order valence-corrected chi connectivity index (χ1v) is 5.24. The fourth-order valence-electron chi connectivity index (χ4n) is 1.97. The van der Waals surface area contributed by atoms with Gasteiger partial charge >= 0.3 is 0 Å². The normalized spacial score (nSPS) is 11.0. The summed E-state index contributed by atoms with van der Waals surface area (Å²) in [7, 11) is 0. The van der Waals surface area contributed by atoms with E-state index in [2.05, 4.69) is 46.8 Å². The summed E-state index contributed by atoms with van der Waals surface area (Å²) in [6.45, 7) is 0. The second-order valence-electron chi connectivity index (χ2n) is 3.51. The van der Waals surface area contributed by atoms with Gasteiger partial charge in [0.05, 0.1) is 11.2 Å². The molecule has 0 unspecified atom stereocenters. The number of aromatic amines is 1. The first-order valence-electron chi connectivity index (χ1n) is 4.79. The maximum Gasteiger partial charge on any atom is 0.0709 e. The van der Waals surface area contributed by atoms with Crippen LogP contribution < -0.4 is 4.72 Å². The summed E-state index contributed by atoms with van der Waals surface area (Å²) in [6.07, 6.45) is 0. The number of H-pyrrole nitrogens is 1. The summed E-state index contributed by atoms with van der Waals surface area (Å²) in [4.78, 5) is 3.39. The monoisotopic (exact) mass is 214 g/mol. The van der Waals surface area contributed by atoms with E-state index in [1.165, 1.54) is 10.8 Å². The van der Waals surface area contributed by atoms with E-state index in [-0.39, 0.29) is 0 Å². The maximum absolute atomic E-state index is 4.10. The largest absolute Gasteiger partial charge is 0.353 e. The summed E-state index contributed by atoms with van der Waals surface area (Å²) in [6, 6.07) is 14.4. The summed E-state index contributed by atoms with van der Waals surface area (Å²) >= 11 is 4.10. The molecule has 3 heteroatoms. The minimum Gasteiger partial charge on any atom is -0.353 e. The molecule has 2 nitrogen and oxygen atoms in total. The molecule has 3 rings (SSSR count). The Hall–Kier alpha value is -1.61. The highest BCUT2D eigenvalue weighted by Crippen LogP contribution is 2.30. The standard InChI is InChI=1S/C12H10N2S/c15-14-11-7-3-5-9-8-4-1-2-6-10(8)13-12(9)11/h1-7,13-15H. The molecule has 0 aliphatic heterocycles. The number of rotatable bonds is 1. The molecule has 2 aromatic carbocycles. The zero-order valence-corrected chi connectivity index (χ0v) is 8.88. The van der Waals surface area contributed by atoms with Crippen LogP contribution in [0.15, 0.2) is 42.5 Å². The molecule has 0 aliphatic carbocycles. The molecule has 15 heavy (non-hydrogen) atoms. The van der Waals surface area contributed by atoms with Gasteiger partial charge < -0.3 is 9.71 Å². The quantitative estimate of drug-likeness (QED) is 0.531. The lowest BCUT2D eigenvalue weighted by Crippen LogP contribution is -1.81. The number of benzene rings is 2. The zero-order valence-electron chi connectivity index (χ0n) is 7.99. The number of fused-ring (bicyclic) bond motifs is 3. The number of anilines is 1. The molecule has 0 aliphatic rings. The Kier molecular flexibility index (Phi) is 1.86. The van der Waals surface area contributed by atoms with Gasteiger partial charge in [-0.05, 0) is 12.1 Å². The summed E-state index contributed by atoms with van der Waals surface area (Å²) in [5.74, 6) is 0. The number of hydrogen-bond acceptors (Lipinski definition) is 2. The van der Waals surface area contributed by atoms with Gasteiger partial charge in [0, 0.05) is 16.3 Å². The molecule has 74 valence electrons. The summed E-state index contributed by atoms with van der Waals surface area (Å²) in [5.41, 5.74) is 3.27. The van der Waals surface area contributed by atoms with Crippen LogP contribution in [-0.4, -0.2) is 4.98 Å². The molecule has 0 fully saturated rings. The summed E-state index contributed by atoms with van der Waals surface area (Å²) < 4.78 is 2.89. The molecule has 0 atom stereocenters. The van der Waals surface area contributed by atoms with Crippen LogP contribution in [0.1, 0.15) is 0 Å². The van der Waals surface area contributed by atoms with Gasteiger partial charge in [-0.15, -0.1) is 0 Å². The van der Waals surface area contributed by atoms with Crippen molar-refractivity contribution in [1.29, 1.82) is 0 Å². The SMILES string of the molecule is SNc1cccc2c1[nH]c1ccccc12. The van der Waals surface area contributed by atoms with Gasteiger partial charge in [-0.1, -0.05) is 43.1 Å². The molecule has 1 aromatic heterocycles. The molecule has 0 saturated carbocycles. The lowest BCUT2D eigenvalue weighted by molar-refractivity contribution is 1.54. The average molecular weight is 214 g/mol. The highest BCUT2D eigenvalue weighted by Gasteiger charge is 2.05. The molecular weight excluding hydrogens is 204 g/mol. The van der Waals surface area contributed by atoms with E-state index < -0.39 is 0 Å². The van der Waals surface area contributed by atoms with Gasteiger partial charge in [-0.3, -0.25) is 0 Å². The third-order valence-corrected chi connectivity index (χ3v) is 2.90. The first-order chi connectivity index (χ1) is 7.40. The Morgan fingerprint density at radius 3 is 2.60 bits per heavy atom. The highest BCUT2D eigenvalue weighted by atomic mass is 32.1. The van der Waals surface area contributed by atoms with Crippen molar-refractivity contribution >= 4 is 40.3 Å². The predicted molar refractivity (Wildman–Crippen MR) is 68.4 cm³/mol. The molecule has 0 spiro atoms. The van der Waals surface area contributed by atoms with Crippen LogP contribution in [0.2, 0.25) is 0 Å². The van der Waals surface area contributed by atoms with Gasteiger partial charge in [0.2, 0.25) is 0 Å². The van der Waals surface area contributed by atoms with Gasteiger partial charge in [0.1, 0.15) is 0 Å². The van der Waals surface area contributed by atoms with Crippen molar-refractivity contribution in [3.05, 3.63) is 42.5 Å². The zero-order chi connectivity index (χ0) is 10.3. The van der Waals surface area contributed by atoms with Crippen molar-refractivity contribution in [3.8, 4) is 0 Å². The minimum absolute atomic E-state index is 1.01. The van der Waals surface area contributed by atoms with Crippen molar-refractivity contribution in [2.75, 3.05) is 4.72 Å². The van der Waals surface area contributed by atoms with Gasteiger partial charge in [-0.25, -0.2) is 0 Å². The van der Waals surface area contributed by atoms with Crippen LogP contribution >= 0.6 is 12.8 Å². The van der Waals surface area contributed by atoms with Crippen molar-refractivity contribution in [3.63, 3.8) is 0 Å².